The highest BCUT2D eigenvalue weighted by Crippen LogP contribution is 2.23. The van der Waals surface area contributed by atoms with Gasteiger partial charge in [0.1, 0.15) is 0 Å². The topological polar surface area (TPSA) is 43.6 Å². The molecular formula is C19H18Cl2N2O2S. The largest absolute Gasteiger partial charge is 0.380 e. The number of thiazole rings is 1. The van der Waals surface area contributed by atoms with E-state index < -0.39 is 0 Å². The van der Waals surface area contributed by atoms with Crippen molar-refractivity contribution in [2.24, 2.45) is 4.99 Å². The second-order valence-corrected chi connectivity index (χ2v) is 7.55. The van der Waals surface area contributed by atoms with Crippen molar-refractivity contribution in [1.29, 1.82) is 0 Å². The molecule has 1 heterocycles. The van der Waals surface area contributed by atoms with Crippen LogP contribution in [0.25, 0.3) is 10.2 Å². The lowest BCUT2D eigenvalue weighted by Gasteiger charge is -2.07. The average molecular weight is 409 g/mol. The van der Waals surface area contributed by atoms with Gasteiger partial charge in [-0.15, -0.1) is 0 Å². The van der Waals surface area contributed by atoms with E-state index >= 15 is 0 Å². The number of carbonyl (C=O) groups excluding carboxylic acids is 1. The summed E-state index contributed by atoms with van der Waals surface area (Å²) in [7, 11) is 0. The molecule has 1 aromatic heterocycles. The van der Waals surface area contributed by atoms with Crippen LogP contribution in [0.5, 0.6) is 0 Å². The molecule has 0 fully saturated rings. The molecule has 0 N–H and O–H groups in total. The Hall–Kier alpha value is -1.66. The number of benzene rings is 2. The Balaban J connectivity index is 2.10. The zero-order valence-electron chi connectivity index (χ0n) is 14.5. The van der Waals surface area contributed by atoms with E-state index in [2.05, 4.69) is 4.99 Å². The van der Waals surface area contributed by atoms with Crippen LogP contribution in [-0.4, -0.2) is 23.7 Å². The molecule has 0 radical (unpaired) electrons. The number of halogens is 2. The van der Waals surface area contributed by atoms with E-state index in [0.717, 1.165) is 15.8 Å². The minimum absolute atomic E-state index is 0.296. The molecule has 0 atom stereocenters. The fraction of sp³-hybridized carbons (Fsp3) is 0.263. The Bertz CT molecular complexity index is 1020. The first kappa shape index (κ1) is 19.1. The number of hydrogen-bond acceptors (Lipinski definition) is 3. The third-order valence-electron chi connectivity index (χ3n) is 3.92. The number of fused-ring (bicyclic) bond motifs is 1. The number of hydrogen-bond donors (Lipinski definition) is 0. The minimum atomic E-state index is -0.388. The molecule has 1 amide bonds. The predicted octanol–water partition coefficient (Wildman–Crippen LogP) is 5.10. The van der Waals surface area contributed by atoms with Crippen LogP contribution in [0.4, 0.5) is 0 Å². The fourth-order valence-corrected chi connectivity index (χ4v) is 4.33. The van der Waals surface area contributed by atoms with Crippen molar-refractivity contribution in [3.05, 3.63) is 62.4 Å². The molecule has 0 aliphatic rings. The summed E-state index contributed by atoms with van der Waals surface area (Å²) in [5.74, 6) is -0.388. The lowest BCUT2D eigenvalue weighted by Crippen LogP contribution is -2.20. The van der Waals surface area contributed by atoms with E-state index in [4.69, 9.17) is 27.9 Å². The fourth-order valence-electron chi connectivity index (χ4n) is 2.71. The lowest BCUT2D eigenvalue weighted by molar-refractivity contribution is 0.0997. The number of para-hydroxylation sites is 1. The van der Waals surface area contributed by atoms with Crippen LogP contribution in [0, 0.1) is 6.92 Å². The Morgan fingerprint density at radius 1 is 1.27 bits per heavy atom. The van der Waals surface area contributed by atoms with E-state index in [1.54, 1.807) is 18.2 Å². The van der Waals surface area contributed by atoms with Crippen molar-refractivity contribution in [2.75, 3.05) is 13.2 Å². The molecule has 0 aliphatic carbocycles. The molecule has 0 saturated heterocycles. The van der Waals surface area contributed by atoms with E-state index in [9.17, 15) is 4.79 Å². The second-order valence-electron chi connectivity index (χ2n) is 5.70. The number of ether oxygens (including phenoxy) is 1. The van der Waals surface area contributed by atoms with Crippen molar-refractivity contribution in [3.8, 4) is 0 Å². The SMILES string of the molecule is CCOCCn1c(=NC(=O)c2ccc(Cl)cc2Cl)sc2cccc(C)c21. The number of nitrogens with zero attached hydrogens (tertiary/aromatic N) is 2. The maximum atomic E-state index is 12.7. The first-order valence-corrected chi connectivity index (χ1v) is 9.79. The van der Waals surface area contributed by atoms with Crippen molar-refractivity contribution < 1.29 is 9.53 Å². The number of carbonyl (C=O) groups is 1. The van der Waals surface area contributed by atoms with Gasteiger partial charge < -0.3 is 9.30 Å². The summed E-state index contributed by atoms with van der Waals surface area (Å²) in [4.78, 5) is 17.6. The Kier molecular flexibility index (Phi) is 6.14. The summed E-state index contributed by atoms with van der Waals surface area (Å²) >= 11 is 13.5. The van der Waals surface area contributed by atoms with Crippen LogP contribution in [0.3, 0.4) is 0 Å². The van der Waals surface area contributed by atoms with Gasteiger partial charge in [-0.2, -0.15) is 4.99 Å². The molecule has 136 valence electrons. The molecule has 0 saturated carbocycles. The molecule has 0 unspecified atom stereocenters. The van der Waals surface area contributed by atoms with Crippen LogP contribution in [-0.2, 0) is 11.3 Å². The number of rotatable bonds is 5. The van der Waals surface area contributed by atoms with Gasteiger partial charge >= 0.3 is 0 Å². The van der Waals surface area contributed by atoms with Crippen molar-refractivity contribution in [1.82, 2.24) is 4.57 Å². The van der Waals surface area contributed by atoms with Crippen LogP contribution < -0.4 is 4.80 Å². The van der Waals surface area contributed by atoms with Crippen LogP contribution in [0.15, 0.2) is 41.4 Å². The zero-order chi connectivity index (χ0) is 18.7. The molecule has 0 aliphatic heterocycles. The van der Waals surface area contributed by atoms with Gasteiger partial charge in [-0.25, -0.2) is 0 Å². The van der Waals surface area contributed by atoms with Gasteiger partial charge in [-0.05, 0) is 43.7 Å². The lowest BCUT2D eigenvalue weighted by atomic mass is 10.2. The van der Waals surface area contributed by atoms with Gasteiger partial charge in [-0.1, -0.05) is 46.7 Å². The monoisotopic (exact) mass is 408 g/mol. The quantitative estimate of drug-likeness (QED) is 0.551. The van der Waals surface area contributed by atoms with Gasteiger partial charge in [0.05, 0.1) is 27.4 Å². The standard InChI is InChI=1S/C19H18Cl2N2O2S/c1-3-25-10-9-23-17-12(2)5-4-6-16(17)26-19(23)22-18(24)14-8-7-13(20)11-15(14)21/h4-8,11H,3,9-10H2,1-2H3. The van der Waals surface area contributed by atoms with Gasteiger partial charge in [0.2, 0.25) is 0 Å². The van der Waals surface area contributed by atoms with Crippen LogP contribution in [0.2, 0.25) is 10.0 Å². The third kappa shape index (κ3) is 4.01. The van der Waals surface area contributed by atoms with Crippen LogP contribution in [0.1, 0.15) is 22.8 Å². The van der Waals surface area contributed by atoms with Gasteiger partial charge in [0, 0.05) is 18.2 Å². The highest BCUT2D eigenvalue weighted by atomic mass is 35.5. The van der Waals surface area contributed by atoms with Gasteiger partial charge in [0.25, 0.3) is 5.91 Å². The summed E-state index contributed by atoms with van der Waals surface area (Å²) < 4.78 is 8.61. The smallest absolute Gasteiger partial charge is 0.281 e. The van der Waals surface area contributed by atoms with Crippen LogP contribution >= 0.6 is 34.5 Å². The molecule has 3 rings (SSSR count). The second kappa shape index (κ2) is 8.35. The molecule has 3 aromatic rings. The molecule has 7 heteroatoms. The summed E-state index contributed by atoms with van der Waals surface area (Å²) in [5, 5.41) is 0.778. The maximum absolute atomic E-state index is 12.7. The summed E-state index contributed by atoms with van der Waals surface area (Å²) in [6, 6.07) is 10.9. The zero-order valence-corrected chi connectivity index (χ0v) is 16.8. The van der Waals surface area contributed by atoms with Crippen molar-refractivity contribution in [2.45, 2.75) is 20.4 Å². The third-order valence-corrected chi connectivity index (χ3v) is 5.52. The number of amides is 1. The van der Waals surface area contributed by atoms with E-state index in [1.165, 1.54) is 11.3 Å². The molecule has 0 bridgehead atoms. The average Bonchev–Trinajstić information content (AvgIpc) is 2.93. The Morgan fingerprint density at radius 2 is 2.08 bits per heavy atom. The number of aromatic nitrogens is 1. The van der Waals surface area contributed by atoms with Crippen molar-refractivity contribution in [3.63, 3.8) is 0 Å². The predicted molar refractivity (Wildman–Crippen MR) is 107 cm³/mol. The molecule has 4 nitrogen and oxygen atoms in total. The summed E-state index contributed by atoms with van der Waals surface area (Å²) in [5.41, 5.74) is 2.54. The minimum Gasteiger partial charge on any atom is -0.380 e. The van der Waals surface area contributed by atoms with E-state index in [0.29, 0.717) is 40.2 Å². The summed E-state index contributed by atoms with van der Waals surface area (Å²) in [6.07, 6.45) is 0. The highest BCUT2D eigenvalue weighted by Gasteiger charge is 2.13. The van der Waals surface area contributed by atoms with E-state index in [1.807, 2.05) is 36.6 Å². The molecule has 2 aromatic carbocycles. The normalized spacial score (nSPS) is 12.1. The molecule has 0 spiro atoms. The molecular weight excluding hydrogens is 391 g/mol. The van der Waals surface area contributed by atoms with Gasteiger partial charge in [0.15, 0.2) is 4.80 Å². The summed E-state index contributed by atoms with van der Waals surface area (Å²) in [6.45, 7) is 5.83. The Morgan fingerprint density at radius 3 is 2.81 bits per heavy atom. The number of aryl methyl sites for hydroxylation is 1. The van der Waals surface area contributed by atoms with E-state index in [-0.39, 0.29) is 5.91 Å². The Labute approximate surface area is 165 Å². The first-order valence-electron chi connectivity index (χ1n) is 8.22. The molecule has 26 heavy (non-hydrogen) atoms. The maximum Gasteiger partial charge on any atom is 0.281 e. The first-order chi connectivity index (χ1) is 12.5. The van der Waals surface area contributed by atoms with Gasteiger partial charge in [-0.3, -0.25) is 4.79 Å². The highest BCUT2D eigenvalue weighted by molar-refractivity contribution is 7.16. The van der Waals surface area contributed by atoms with Crippen molar-refractivity contribution >= 4 is 50.7 Å².